The third-order valence-electron chi connectivity index (χ3n) is 4.23. The van der Waals surface area contributed by atoms with E-state index < -0.39 is 30.2 Å². The largest absolute Gasteiger partial charge is 0.494 e. The molecule has 8 heteroatoms. The standard InChI is InChI=1S/C21H18FN3O4/c1-29-18-7-6-16(24-20(18)13-8-10-23-11-9-13)21(28)25-17(12-19(26)27)14-4-2-3-5-15(14)22/h2-11,17H,12H2,1H3,(H,25,28)(H,26,27)/t17-/m0/s1. The Morgan fingerprint density at radius 1 is 1.14 bits per heavy atom. The molecular weight excluding hydrogens is 377 g/mol. The summed E-state index contributed by atoms with van der Waals surface area (Å²) in [4.78, 5) is 32.3. The van der Waals surface area contributed by atoms with Crippen LogP contribution in [0.4, 0.5) is 4.39 Å². The van der Waals surface area contributed by atoms with Crippen molar-refractivity contribution in [2.45, 2.75) is 12.5 Å². The third kappa shape index (κ3) is 4.73. The van der Waals surface area contributed by atoms with Gasteiger partial charge in [-0.1, -0.05) is 18.2 Å². The molecule has 0 saturated heterocycles. The highest BCUT2D eigenvalue weighted by atomic mass is 19.1. The SMILES string of the molecule is COc1ccc(C(=O)N[C@@H](CC(=O)O)c2ccccc2F)nc1-c1ccncc1. The van der Waals surface area contributed by atoms with E-state index in [9.17, 15) is 14.0 Å². The third-order valence-corrected chi connectivity index (χ3v) is 4.23. The molecule has 7 nitrogen and oxygen atoms in total. The maximum absolute atomic E-state index is 14.1. The van der Waals surface area contributed by atoms with Gasteiger partial charge in [0.05, 0.1) is 19.6 Å². The van der Waals surface area contributed by atoms with Crippen LogP contribution in [0.25, 0.3) is 11.3 Å². The molecule has 1 aromatic carbocycles. The predicted octanol–water partition coefficient (Wildman–Crippen LogP) is 3.24. The molecule has 0 aliphatic rings. The van der Waals surface area contributed by atoms with Crippen LogP contribution in [0.15, 0.2) is 60.9 Å². The Kier molecular flexibility index (Phi) is 6.13. The predicted molar refractivity (Wildman–Crippen MR) is 103 cm³/mol. The number of carbonyl (C=O) groups excluding carboxylic acids is 1. The average Bonchev–Trinajstić information content (AvgIpc) is 2.73. The van der Waals surface area contributed by atoms with Crippen LogP contribution in [0.1, 0.15) is 28.5 Å². The number of benzene rings is 1. The number of pyridine rings is 2. The Morgan fingerprint density at radius 2 is 1.86 bits per heavy atom. The summed E-state index contributed by atoms with van der Waals surface area (Å²) >= 11 is 0. The van der Waals surface area contributed by atoms with Crippen LogP contribution in [0, 0.1) is 5.82 Å². The van der Waals surface area contributed by atoms with Crippen molar-refractivity contribution in [3.63, 3.8) is 0 Å². The van der Waals surface area contributed by atoms with Gasteiger partial charge >= 0.3 is 5.97 Å². The Morgan fingerprint density at radius 3 is 2.52 bits per heavy atom. The Bertz CT molecular complexity index is 1030. The molecule has 3 aromatic rings. The van der Waals surface area contributed by atoms with Gasteiger partial charge in [0.15, 0.2) is 0 Å². The van der Waals surface area contributed by atoms with E-state index >= 15 is 0 Å². The summed E-state index contributed by atoms with van der Waals surface area (Å²) in [5, 5.41) is 11.7. The summed E-state index contributed by atoms with van der Waals surface area (Å²) in [6.45, 7) is 0. The molecule has 0 fully saturated rings. The van der Waals surface area contributed by atoms with Gasteiger partial charge < -0.3 is 15.2 Å². The van der Waals surface area contributed by atoms with Crippen molar-refractivity contribution < 1.29 is 23.8 Å². The number of carboxylic acid groups (broad SMARTS) is 1. The summed E-state index contributed by atoms with van der Waals surface area (Å²) in [6, 6.07) is 11.2. The van der Waals surface area contributed by atoms with Gasteiger partial charge in [-0.05, 0) is 30.3 Å². The van der Waals surface area contributed by atoms with Crippen molar-refractivity contribution in [3.8, 4) is 17.0 Å². The Labute approximate surface area is 166 Å². The molecule has 0 bridgehead atoms. The molecule has 3 rings (SSSR count). The highest BCUT2D eigenvalue weighted by Gasteiger charge is 2.23. The van der Waals surface area contributed by atoms with Crippen LogP contribution < -0.4 is 10.1 Å². The fourth-order valence-electron chi connectivity index (χ4n) is 2.86. The Hall–Kier alpha value is -3.81. The second-order valence-electron chi connectivity index (χ2n) is 6.13. The fourth-order valence-corrected chi connectivity index (χ4v) is 2.86. The topological polar surface area (TPSA) is 101 Å². The summed E-state index contributed by atoms with van der Waals surface area (Å²) in [5.41, 5.74) is 1.27. The fraction of sp³-hybridized carbons (Fsp3) is 0.143. The number of nitrogens with one attached hydrogen (secondary N) is 1. The quantitative estimate of drug-likeness (QED) is 0.637. The molecule has 29 heavy (non-hydrogen) atoms. The van der Waals surface area contributed by atoms with Crippen LogP contribution in [-0.2, 0) is 4.79 Å². The lowest BCUT2D eigenvalue weighted by Crippen LogP contribution is -2.31. The van der Waals surface area contributed by atoms with Crippen LogP contribution in [0.3, 0.4) is 0 Å². The van der Waals surface area contributed by atoms with Crippen molar-refractivity contribution in [1.29, 1.82) is 0 Å². The molecule has 2 heterocycles. The number of nitrogens with zero attached hydrogens (tertiary/aromatic N) is 2. The summed E-state index contributed by atoms with van der Waals surface area (Å²) in [7, 11) is 1.49. The number of hydrogen-bond donors (Lipinski definition) is 2. The zero-order chi connectivity index (χ0) is 20.8. The molecule has 1 amide bonds. The van der Waals surface area contributed by atoms with Crippen LogP contribution in [0.2, 0.25) is 0 Å². The maximum atomic E-state index is 14.1. The van der Waals surface area contributed by atoms with E-state index in [0.717, 1.165) is 0 Å². The van der Waals surface area contributed by atoms with Crippen LogP contribution in [0.5, 0.6) is 5.75 Å². The van der Waals surface area contributed by atoms with Gasteiger partial charge in [-0.3, -0.25) is 14.6 Å². The number of amides is 1. The van der Waals surface area contributed by atoms with Gasteiger partial charge in [-0.2, -0.15) is 0 Å². The van der Waals surface area contributed by atoms with Crippen molar-refractivity contribution >= 4 is 11.9 Å². The van der Waals surface area contributed by atoms with Gasteiger partial charge in [0.2, 0.25) is 0 Å². The van der Waals surface area contributed by atoms with Crippen molar-refractivity contribution in [1.82, 2.24) is 15.3 Å². The smallest absolute Gasteiger partial charge is 0.305 e. The molecule has 0 unspecified atom stereocenters. The molecule has 2 aromatic heterocycles. The van der Waals surface area contributed by atoms with E-state index in [2.05, 4.69) is 15.3 Å². The lowest BCUT2D eigenvalue weighted by molar-refractivity contribution is -0.137. The zero-order valence-corrected chi connectivity index (χ0v) is 15.5. The van der Waals surface area contributed by atoms with E-state index in [1.165, 1.54) is 31.4 Å². The summed E-state index contributed by atoms with van der Waals surface area (Å²) in [6.07, 6.45) is 2.70. The van der Waals surface area contributed by atoms with E-state index in [4.69, 9.17) is 9.84 Å². The number of carboxylic acids is 1. The first-order valence-corrected chi connectivity index (χ1v) is 8.72. The number of halogens is 1. The molecule has 0 aliphatic carbocycles. The minimum atomic E-state index is -1.17. The molecule has 1 atom stereocenters. The lowest BCUT2D eigenvalue weighted by atomic mass is 10.0. The molecule has 0 radical (unpaired) electrons. The van der Waals surface area contributed by atoms with Crippen molar-refractivity contribution in [2.75, 3.05) is 7.11 Å². The molecule has 148 valence electrons. The second-order valence-corrected chi connectivity index (χ2v) is 6.13. The highest BCUT2D eigenvalue weighted by Crippen LogP contribution is 2.28. The zero-order valence-electron chi connectivity index (χ0n) is 15.5. The first-order chi connectivity index (χ1) is 14.0. The molecule has 2 N–H and O–H groups in total. The number of rotatable bonds is 7. The van der Waals surface area contributed by atoms with Crippen molar-refractivity contribution in [2.24, 2.45) is 0 Å². The van der Waals surface area contributed by atoms with Crippen LogP contribution in [-0.4, -0.2) is 34.1 Å². The molecule has 0 aliphatic heterocycles. The maximum Gasteiger partial charge on any atom is 0.305 e. The first kappa shape index (κ1) is 19.9. The highest BCUT2D eigenvalue weighted by molar-refractivity contribution is 5.93. The van der Waals surface area contributed by atoms with Gasteiger partial charge in [0, 0.05) is 23.5 Å². The number of ether oxygens (including phenoxy) is 1. The molecular formula is C21H18FN3O4. The van der Waals surface area contributed by atoms with Gasteiger partial charge in [-0.15, -0.1) is 0 Å². The Balaban J connectivity index is 1.92. The summed E-state index contributed by atoms with van der Waals surface area (Å²) < 4.78 is 19.5. The van der Waals surface area contributed by atoms with Gasteiger partial charge in [-0.25, -0.2) is 9.37 Å². The summed E-state index contributed by atoms with van der Waals surface area (Å²) in [5.74, 6) is -1.93. The van der Waals surface area contributed by atoms with E-state index in [0.29, 0.717) is 17.0 Å². The minimum Gasteiger partial charge on any atom is -0.494 e. The second kappa shape index (κ2) is 8.92. The lowest BCUT2D eigenvalue weighted by Gasteiger charge is -2.18. The van der Waals surface area contributed by atoms with Gasteiger partial charge in [0.1, 0.15) is 23.0 Å². The van der Waals surface area contributed by atoms with Crippen molar-refractivity contribution in [3.05, 3.63) is 78.0 Å². The van der Waals surface area contributed by atoms with Crippen LogP contribution >= 0.6 is 0 Å². The normalized spacial score (nSPS) is 11.5. The van der Waals surface area contributed by atoms with Gasteiger partial charge in [0.25, 0.3) is 5.91 Å². The molecule has 0 spiro atoms. The molecule has 0 saturated carbocycles. The number of aromatic nitrogens is 2. The average molecular weight is 395 g/mol. The number of hydrogen-bond acceptors (Lipinski definition) is 5. The van der Waals surface area contributed by atoms with E-state index in [1.54, 1.807) is 36.7 Å². The first-order valence-electron chi connectivity index (χ1n) is 8.72. The van der Waals surface area contributed by atoms with E-state index in [-0.39, 0.29) is 11.3 Å². The number of carbonyl (C=O) groups is 2. The monoisotopic (exact) mass is 395 g/mol. The van der Waals surface area contributed by atoms with E-state index in [1.807, 2.05) is 0 Å². The number of aliphatic carboxylic acids is 1. The number of methoxy groups -OCH3 is 1. The minimum absolute atomic E-state index is 0.0457.